The maximum atomic E-state index is 14.9. The van der Waals surface area contributed by atoms with E-state index in [0.717, 1.165) is 25.7 Å². The number of hydrogen-bond donors (Lipinski definition) is 1. The van der Waals surface area contributed by atoms with Gasteiger partial charge in [-0.15, -0.1) is 0 Å². The van der Waals surface area contributed by atoms with E-state index >= 15 is 0 Å². The normalized spacial score (nSPS) is 23.3. The minimum Gasteiger partial charge on any atom is -0.472 e. The Morgan fingerprint density at radius 2 is 2.03 bits per heavy atom. The SMILES string of the molecule is CC(=O)N[C@@H](C)COC1CCC(Oc2ncc3nc(N4CC(F)C4)sc3c2F)CC1. The first-order chi connectivity index (χ1) is 14.4. The summed E-state index contributed by atoms with van der Waals surface area (Å²) in [4.78, 5) is 21.3. The zero-order valence-corrected chi connectivity index (χ0v) is 17.9. The fourth-order valence-electron chi connectivity index (χ4n) is 3.78. The largest absolute Gasteiger partial charge is 0.472 e. The third-order valence-corrected chi connectivity index (χ3v) is 6.50. The van der Waals surface area contributed by atoms with Crippen molar-refractivity contribution in [3.8, 4) is 5.88 Å². The number of nitrogens with one attached hydrogen (secondary N) is 1. The Morgan fingerprint density at radius 1 is 1.33 bits per heavy atom. The molecule has 10 heteroatoms. The van der Waals surface area contributed by atoms with Crippen LogP contribution in [0.15, 0.2) is 6.20 Å². The zero-order chi connectivity index (χ0) is 21.3. The number of ether oxygens (including phenoxy) is 2. The number of fused-ring (bicyclic) bond motifs is 1. The molecule has 4 rings (SSSR count). The number of anilines is 1. The van der Waals surface area contributed by atoms with E-state index in [9.17, 15) is 13.6 Å². The number of carbonyl (C=O) groups excluding carboxylic acids is 1. The quantitative estimate of drug-likeness (QED) is 0.713. The predicted octanol–water partition coefficient (Wildman–Crippen LogP) is 3.22. The Labute approximate surface area is 177 Å². The van der Waals surface area contributed by atoms with E-state index in [0.29, 0.717) is 35.0 Å². The number of thiazole rings is 1. The van der Waals surface area contributed by atoms with Crippen LogP contribution in [0, 0.1) is 5.82 Å². The molecule has 1 atom stereocenters. The van der Waals surface area contributed by atoms with Crippen molar-refractivity contribution in [3.63, 3.8) is 0 Å². The molecule has 2 aromatic heterocycles. The number of amides is 1. The molecule has 1 amide bonds. The van der Waals surface area contributed by atoms with Crippen LogP contribution in [0.1, 0.15) is 39.5 Å². The number of halogens is 2. The van der Waals surface area contributed by atoms with Gasteiger partial charge in [0.05, 0.1) is 36.7 Å². The molecule has 30 heavy (non-hydrogen) atoms. The monoisotopic (exact) mass is 440 g/mol. The van der Waals surface area contributed by atoms with Gasteiger partial charge in [-0.25, -0.2) is 14.4 Å². The molecule has 2 aromatic rings. The average molecular weight is 441 g/mol. The van der Waals surface area contributed by atoms with Crippen molar-refractivity contribution in [2.75, 3.05) is 24.6 Å². The van der Waals surface area contributed by atoms with Crippen LogP contribution in [0.3, 0.4) is 0 Å². The van der Waals surface area contributed by atoms with Gasteiger partial charge >= 0.3 is 0 Å². The first kappa shape index (κ1) is 21.2. The van der Waals surface area contributed by atoms with E-state index in [2.05, 4.69) is 15.3 Å². The van der Waals surface area contributed by atoms with Crippen molar-refractivity contribution in [2.45, 2.75) is 64.0 Å². The summed E-state index contributed by atoms with van der Waals surface area (Å²) in [6, 6.07) is -0.0298. The van der Waals surface area contributed by atoms with Gasteiger partial charge < -0.3 is 19.7 Å². The van der Waals surface area contributed by atoms with Crippen molar-refractivity contribution >= 4 is 32.6 Å². The lowest BCUT2D eigenvalue weighted by atomic mass is 9.95. The summed E-state index contributed by atoms with van der Waals surface area (Å²) in [5, 5.41) is 3.41. The molecule has 7 nitrogen and oxygen atoms in total. The number of alkyl halides is 1. The number of hydrogen-bond acceptors (Lipinski definition) is 7. The summed E-state index contributed by atoms with van der Waals surface area (Å²) < 4.78 is 40.1. The van der Waals surface area contributed by atoms with Gasteiger partial charge in [-0.1, -0.05) is 11.3 Å². The highest BCUT2D eigenvalue weighted by atomic mass is 32.1. The van der Waals surface area contributed by atoms with Gasteiger partial charge in [0.15, 0.2) is 5.13 Å². The highest BCUT2D eigenvalue weighted by Gasteiger charge is 2.30. The maximum Gasteiger partial charge on any atom is 0.252 e. The van der Waals surface area contributed by atoms with E-state index < -0.39 is 12.0 Å². The molecule has 164 valence electrons. The highest BCUT2D eigenvalue weighted by molar-refractivity contribution is 7.22. The number of nitrogens with zero attached hydrogens (tertiary/aromatic N) is 3. The third kappa shape index (κ3) is 4.80. The van der Waals surface area contributed by atoms with Crippen molar-refractivity contribution in [2.24, 2.45) is 0 Å². The molecule has 1 saturated heterocycles. The van der Waals surface area contributed by atoms with Crippen LogP contribution in [0.2, 0.25) is 0 Å². The molecule has 2 fully saturated rings. The third-order valence-electron chi connectivity index (χ3n) is 5.37. The first-order valence-electron chi connectivity index (χ1n) is 10.3. The summed E-state index contributed by atoms with van der Waals surface area (Å²) in [5.41, 5.74) is 0.465. The Morgan fingerprint density at radius 3 is 2.70 bits per heavy atom. The van der Waals surface area contributed by atoms with Gasteiger partial charge in [0.25, 0.3) is 5.88 Å². The number of pyridine rings is 1. The van der Waals surface area contributed by atoms with E-state index in [-0.39, 0.29) is 30.0 Å². The molecule has 2 aliphatic rings. The van der Waals surface area contributed by atoms with E-state index in [4.69, 9.17) is 9.47 Å². The van der Waals surface area contributed by atoms with Crippen LogP contribution >= 0.6 is 11.3 Å². The summed E-state index contributed by atoms with van der Waals surface area (Å²) in [7, 11) is 0. The Bertz CT molecular complexity index is 898. The molecule has 0 spiro atoms. The number of aromatic nitrogens is 2. The van der Waals surface area contributed by atoms with Crippen LogP contribution in [0.4, 0.5) is 13.9 Å². The second kappa shape index (κ2) is 8.97. The summed E-state index contributed by atoms with van der Waals surface area (Å²) in [5.74, 6) is -0.580. The molecule has 1 aliphatic heterocycles. The minimum absolute atomic E-state index is 0.00618. The van der Waals surface area contributed by atoms with E-state index in [1.54, 1.807) is 4.90 Å². The highest BCUT2D eigenvalue weighted by Crippen LogP contribution is 2.36. The smallest absolute Gasteiger partial charge is 0.252 e. The Kier molecular flexibility index (Phi) is 6.33. The average Bonchev–Trinajstić information content (AvgIpc) is 3.11. The van der Waals surface area contributed by atoms with E-state index in [1.165, 1.54) is 24.5 Å². The van der Waals surface area contributed by atoms with Crippen molar-refractivity contribution < 1.29 is 23.0 Å². The number of rotatable bonds is 7. The first-order valence-corrected chi connectivity index (χ1v) is 11.1. The van der Waals surface area contributed by atoms with E-state index in [1.807, 2.05) is 6.92 Å². The maximum absolute atomic E-state index is 14.9. The lowest BCUT2D eigenvalue weighted by Gasteiger charge is -2.33. The van der Waals surface area contributed by atoms with Gasteiger partial charge in [-0.05, 0) is 32.6 Å². The van der Waals surface area contributed by atoms with Crippen LogP contribution in [0.5, 0.6) is 5.88 Å². The van der Waals surface area contributed by atoms with Gasteiger partial charge in [-0.2, -0.15) is 4.39 Å². The Hall–Kier alpha value is -2.07. The van der Waals surface area contributed by atoms with Crippen molar-refractivity contribution in [3.05, 3.63) is 12.0 Å². The van der Waals surface area contributed by atoms with Crippen LogP contribution in [0.25, 0.3) is 10.2 Å². The Balaban J connectivity index is 1.30. The molecule has 0 radical (unpaired) electrons. The fraction of sp³-hybridized carbons (Fsp3) is 0.650. The summed E-state index contributed by atoms with van der Waals surface area (Å²) in [6.45, 7) is 4.46. The molecule has 0 unspecified atom stereocenters. The van der Waals surface area contributed by atoms with Gasteiger partial charge in [0, 0.05) is 13.0 Å². The lowest BCUT2D eigenvalue weighted by molar-refractivity contribution is -0.120. The van der Waals surface area contributed by atoms with Gasteiger partial charge in [-0.3, -0.25) is 4.79 Å². The predicted molar refractivity (Wildman–Crippen MR) is 110 cm³/mol. The molecule has 1 N–H and O–H groups in total. The fourth-order valence-corrected chi connectivity index (χ4v) is 4.77. The topological polar surface area (TPSA) is 76.6 Å². The number of carbonyl (C=O) groups is 1. The summed E-state index contributed by atoms with van der Waals surface area (Å²) in [6.07, 6.45) is 3.78. The molecule has 0 aromatic carbocycles. The molecule has 1 saturated carbocycles. The van der Waals surface area contributed by atoms with Crippen LogP contribution in [-0.4, -0.2) is 60.0 Å². The zero-order valence-electron chi connectivity index (χ0n) is 17.1. The molecule has 3 heterocycles. The minimum atomic E-state index is -0.841. The second-order valence-electron chi connectivity index (χ2n) is 8.04. The summed E-state index contributed by atoms with van der Waals surface area (Å²) >= 11 is 1.20. The van der Waals surface area contributed by atoms with Crippen LogP contribution < -0.4 is 15.0 Å². The second-order valence-corrected chi connectivity index (χ2v) is 9.02. The molecular formula is C20H26F2N4O3S. The molecular weight excluding hydrogens is 414 g/mol. The lowest BCUT2D eigenvalue weighted by Crippen LogP contribution is -2.48. The molecule has 0 bridgehead atoms. The standard InChI is InChI=1S/C20H26F2N4O3S/c1-11(24-12(2)27)10-28-14-3-5-15(6-4-14)29-19-17(22)18-16(7-23-19)25-20(30-18)26-8-13(21)9-26/h7,11,13-15H,3-6,8-10H2,1-2H3,(H,24,27)/t11-,14?,15?/m0/s1. The van der Waals surface area contributed by atoms with Crippen LogP contribution in [-0.2, 0) is 9.53 Å². The molecule has 1 aliphatic carbocycles. The van der Waals surface area contributed by atoms with Gasteiger partial charge in [0.1, 0.15) is 17.8 Å². The van der Waals surface area contributed by atoms with Crippen molar-refractivity contribution in [1.82, 2.24) is 15.3 Å². The van der Waals surface area contributed by atoms with Gasteiger partial charge in [0.2, 0.25) is 11.7 Å². The van der Waals surface area contributed by atoms with Crippen molar-refractivity contribution in [1.29, 1.82) is 0 Å².